The lowest BCUT2D eigenvalue weighted by Gasteiger charge is -2.20. The fraction of sp³-hybridized carbons (Fsp3) is 0.231. The van der Waals surface area contributed by atoms with Gasteiger partial charge in [-0.25, -0.2) is 0 Å². The summed E-state index contributed by atoms with van der Waals surface area (Å²) in [5, 5.41) is 9.92. The predicted octanol–water partition coefficient (Wildman–Crippen LogP) is 1.45. The molecule has 1 atom stereocenters. The van der Waals surface area contributed by atoms with Gasteiger partial charge in [-0.3, -0.25) is 9.59 Å². The number of carbonyl (C=O) groups excluding carboxylic acids is 2. The van der Waals surface area contributed by atoms with Crippen molar-refractivity contribution in [2.45, 2.75) is 19.1 Å². The van der Waals surface area contributed by atoms with Crippen LogP contribution in [0.2, 0.25) is 0 Å². The van der Waals surface area contributed by atoms with E-state index in [-0.39, 0.29) is 12.2 Å². The number of carbonyl (C=O) groups is 2. The Morgan fingerprint density at radius 1 is 1.35 bits per heavy atom. The van der Waals surface area contributed by atoms with Crippen molar-refractivity contribution in [1.29, 1.82) is 0 Å². The number of hydrogen-bond acceptors (Lipinski definition) is 4. The third-order valence-electron chi connectivity index (χ3n) is 2.55. The second-order valence-electron chi connectivity index (χ2n) is 3.97. The van der Waals surface area contributed by atoms with Crippen molar-refractivity contribution in [2.24, 2.45) is 0 Å². The molecule has 88 valence electrons. The van der Waals surface area contributed by atoms with Crippen LogP contribution in [0, 0.1) is 0 Å². The topological polar surface area (TPSA) is 63.6 Å². The van der Waals surface area contributed by atoms with Crippen LogP contribution in [0.5, 0.6) is 0 Å². The third kappa shape index (κ3) is 2.26. The summed E-state index contributed by atoms with van der Waals surface area (Å²) in [4.78, 5) is 23.3. The molecule has 1 aromatic carbocycles. The molecular formula is C13H12O4. The first-order chi connectivity index (χ1) is 8.01. The van der Waals surface area contributed by atoms with E-state index in [0.29, 0.717) is 11.3 Å². The number of allylic oxidation sites excluding steroid dienone is 1. The summed E-state index contributed by atoms with van der Waals surface area (Å²) in [6.07, 6.45) is 0.821. The van der Waals surface area contributed by atoms with E-state index in [1.165, 1.54) is 6.08 Å². The first kappa shape index (κ1) is 11.5. The quantitative estimate of drug-likeness (QED) is 0.801. The molecule has 0 saturated heterocycles. The number of benzene rings is 1. The molecule has 0 amide bonds. The highest BCUT2D eigenvalue weighted by molar-refractivity contribution is 6.04. The highest BCUT2D eigenvalue weighted by atomic mass is 16.6. The van der Waals surface area contributed by atoms with E-state index in [0.717, 1.165) is 0 Å². The Bertz CT molecular complexity index is 489. The van der Waals surface area contributed by atoms with Crippen LogP contribution in [-0.2, 0) is 9.53 Å². The van der Waals surface area contributed by atoms with Crippen molar-refractivity contribution in [2.75, 3.05) is 0 Å². The van der Waals surface area contributed by atoms with Gasteiger partial charge < -0.3 is 9.84 Å². The molecule has 17 heavy (non-hydrogen) atoms. The second kappa shape index (κ2) is 4.14. The molecule has 4 heteroatoms. The van der Waals surface area contributed by atoms with Gasteiger partial charge in [0.25, 0.3) is 5.79 Å². The Morgan fingerprint density at radius 3 is 2.53 bits per heavy atom. The number of Topliss-reactive ketones (excluding diaryl/α,β-unsaturated/α-hetero) is 1. The molecule has 0 saturated carbocycles. The van der Waals surface area contributed by atoms with Crippen molar-refractivity contribution >= 4 is 11.6 Å². The summed E-state index contributed by atoms with van der Waals surface area (Å²) in [5.74, 6) is -2.63. The first-order valence-electron chi connectivity index (χ1n) is 5.24. The van der Waals surface area contributed by atoms with Crippen LogP contribution >= 0.6 is 0 Å². The number of ketones is 2. The largest absolute Gasteiger partial charge is 0.459 e. The van der Waals surface area contributed by atoms with Gasteiger partial charge in [-0.05, 0) is 6.92 Å². The van der Waals surface area contributed by atoms with Gasteiger partial charge in [0.1, 0.15) is 5.76 Å². The minimum atomic E-state index is -2.03. The average Bonchev–Trinajstić information content (AvgIpc) is 2.53. The van der Waals surface area contributed by atoms with Gasteiger partial charge in [-0.15, -0.1) is 0 Å². The first-order valence-corrected chi connectivity index (χ1v) is 5.24. The van der Waals surface area contributed by atoms with E-state index >= 15 is 0 Å². The van der Waals surface area contributed by atoms with Crippen LogP contribution in [0.4, 0.5) is 0 Å². The highest BCUT2D eigenvalue weighted by Gasteiger charge is 2.43. The van der Waals surface area contributed by atoms with Gasteiger partial charge in [0.2, 0.25) is 5.78 Å². The molecule has 1 aliphatic heterocycles. The molecule has 1 unspecified atom stereocenters. The van der Waals surface area contributed by atoms with Crippen molar-refractivity contribution < 1.29 is 19.4 Å². The van der Waals surface area contributed by atoms with Crippen LogP contribution in [0.25, 0.3) is 0 Å². The zero-order chi connectivity index (χ0) is 12.5. The monoisotopic (exact) mass is 232 g/mol. The summed E-state index contributed by atoms with van der Waals surface area (Å²) >= 11 is 0. The van der Waals surface area contributed by atoms with E-state index in [9.17, 15) is 14.7 Å². The zero-order valence-electron chi connectivity index (χ0n) is 9.34. The SMILES string of the molecule is CC1=CC(=O)C(O)(CC(=O)c2ccccc2)O1. The smallest absolute Gasteiger partial charge is 0.279 e. The van der Waals surface area contributed by atoms with Crippen molar-refractivity contribution in [3.05, 3.63) is 47.7 Å². The number of aliphatic hydroxyl groups is 1. The summed E-state index contributed by atoms with van der Waals surface area (Å²) in [7, 11) is 0. The Hall–Kier alpha value is -1.94. The molecule has 0 bridgehead atoms. The lowest BCUT2D eigenvalue weighted by molar-refractivity contribution is -0.175. The van der Waals surface area contributed by atoms with E-state index < -0.39 is 11.6 Å². The fourth-order valence-electron chi connectivity index (χ4n) is 1.71. The van der Waals surface area contributed by atoms with Gasteiger partial charge in [0.15, 0.2) is 5.78 Å². The molecule has 0 spiro atoms. The van der Waals surface area contributed by atoms with Gasteiger partial charge >= 0.3 is 0 Å². The molecule has 1 aromatic rings. The molecule has 0 aromatic heterocycles. The van der Waals surface area contributed by atoms with E-state index in [1.54, 1.807) is 37.3 Å². The predicted molar refractivity (Wildman–Crippen MR) is 60.2 cm³/mol. The van der Waals surface area contributed by atoms with Crippen LogP contribution in [-0.4, -0.2) is 22.5 Å². The summed E-state index contributed by atoms with van der Waals surface area (Å²) in [6.45, 7) is 1.56. The number of ether oxygens (including phenoxy) is 1. The zero-order valence-corrected chi connectivity index (χ0v) is 9.34. The third-order valence-corrected chi connectivity index (χ3v) is 2.55. The van der Waals surface area contributed by atoms with E-state index in [2.05, 4.69) is 0 Å². The van der Waals surface area contributed by atoms with Gasteiger partial charge in [-0.1, -0.05) is 30.3 Å². The Kier molecular flexibility index (Phi) is 2.81. The van der Waals surface area contributed by atoms with Crippen LogP contribution in [0.3, 0.4) is 0 Å². The number of rotatable bonds is 3. The normalized spacial score (nSPS) is 23.2. The molecule has 4 nitrogen and oxygen atoms in total. The molecule has 0 radical (unpaired) electrons. The maximum Gasteiger partial charge on any atom is 0.279 e. The van der Waals surface area contributed by atoms with Gasteiger partial charge in [0.05, 0.1) is 6.42 Å². The highest BCUT2D eigenvalue weighted by Crippen LogP contribution is 2.27. The lowest BCUT2D eigenvalue weighted by atomic mass is 10.0. The molecule has 0 aliphatic carbocycles. The van der Waals surface area contributed by atoms with Gasteiger partial charge in [0, 0.05) is 11.6 Å². The Balaban J connectivity index is 2.13. The average molecular weight is 232 g/mol. The Labute approximate surface area is 98.5 Å². The van der Waals surface area contributed by atoms with Gasteiger partial charge in [-0.2, -0.15) is 0 Å². The molecule has 2 rings (SSSR count). The van der Waals surface area contributed by atoms with Crippen LogP contribution in [0.15, 0.2) is 42.2 Å². The maximum absolute atomic E-state index is 11.8. The summed E-state index contributed by atoms with van der Waals surface area (Å²) in [6, 6.07) is 8.49. The number of hydrogen-bond donors (Lipinski definition) is 1. The van der Waals surface area contributed by atoms with Crippen molar-refractivity contribution in [3.8, 4) is 0 Å². The Morgan fingerprint density at radius 2 is 2.00 bits per heavy atom. The van der Waals surface area contributed by atoms with Crippen molar-refractivity contribution in [3.63, 3.8) is 0 Å². The molecule has 1 N–H and O–H groups in total. The minimum Gasteiger partial charge on any atom is -0.459 e. The standard InChI is InChI=1S/C13H12O4/c1-9-7-12(15)13(16,17-9)8-11(14)10-5-3-2-4-6-10/h2-7,16H,8H2,1H3. The van der Waals surface area contributed by atoms with Crippen molar-refractivity contribution in [1.82, 2.24) is 0 Å². The molecule has 1 heterocycles. The second-order valence-corrected chi connectivity index (χ2v) is 3.97. The molecule has 0 fully saturated rings. The summed E-state index contributed by atoms with van der Waals surface area (Å²) < 4.78 is 5.00. The van der Waals surface area contributed by atoms with E-state index in [1.807, 2.05) is 0 Å². The molecule has 1 aliphatic rings. The van der Waals surface area contributed by atoms with Crippen LogP contribution < -0.4 is 0 Å². The maximum atomic E-state index is 11.8. The van der Waals surface area contributed by atoms with Crippen LogP contribution in [0.1, 0.15) is 23.7 Å². The lowest BCUT2D eigenvalue weighted by Crippen LogP contribution is -2.38. The summed E-state index contributed by atoms with van der Waals surface area (Å²) in [5.41, 5.74) is 0.446. The van der Waals surface area contributed by atoms with E-state index in [4.69, 9.17) is 4.74 Å². The molecular weight excluding hydrogens is 220 g/mol. The fourth-order valence-corrected chi connectivity index (χ4v) is 1.71. The minimum absolute atomic E-state index is 0.318.